The minimum Gasteiger partial charge on any atom is -0.477 e. The van der Waals surface area contributed by atoms with Gasteiger partial charge in [-0.15, -0.1) is 11.3 Å². The van der Waals surface area contributed by atoms with E-state index in [4.69, 9.17) is 10.2 Å². The molecule has 21 heavy (non-hydrogen) atoms. The van der Waals surface area contributed by atoms with Gasteiger partial charge in [-0.25, -0.2) is 13.2 Å². The van der Waals surface area contributed by atoms with Crippen LogP contribution >= 0.6 is 27.3 Å². The Morgan fingerprint density at radius 3 is 2.38 bits per heavy atom. The molecule has 0 radical (unpaired) electrons. The van der Waals surface area contributed by atoms with Crippen LogP contribution in [-0.2, 0) is 10.0 Å². The highest BCUT2D eigenvalue weighted by Crippen LogP contribution is 2.34. The quantitative estimate of drug-likeness (QED) is 0.699. The van der Waals surface area contributed by atoms with Crippen molar-refractivity contribution < 1.29 is 23.4 Å². The number of thiophene rings is 1. The fraction of sp³-hybridized carbons (Fsp3) is 0.583. The smallest absolute Gasteiger partial charge is 0.345 e. The first kappa shape index (κ1) is 18.6. The first-order valence-electron chi connectivity index (χ1n) is 6.44. The number of rotatable bonds is 8. The summed E-state index contributed by atoms with van der Waals surface area (Å²) in [6.45, 7) is 3.45. The summed E-state index contributed by atoms with van der Waals surface area (Å²) < 4.78 is 27.0. The van der Waals surface area contributed by atoms with E-state index in [0.29, 0.717) is 12.8 Å². The van der Waals surface area contributed by atoms with Crippen LogP contribution in [0.3, 0.4) is 0 Å². The summed E-state index contributed by atoms with van der Waals surface area (Å²) in [5.74, 6) is -1.17. The number of halogens is 1. The molecule has 0 unspecified atom stereocenters. The Morgan fingerprint density at radius 2 is 2.00 bits per heavy atom. The second-order valence-electron chi connectivity index (χ2n) is 4.36. The lowest BCUT2D eigenvalue weighted by molar-refractivity contribution is 0.0702. The van der Waals surface area contributed by atoms with Crippen molar-refractivity contribution in [3.05, 3.63) is 14.7 Å². The van der Waals surface area contributed by atoms with E-state index in [9.17, 15) is 13.2 Å². The third kappa shape index (κ3) is 4.04. The molecule has 6 nitrogen and oxygen atoms in total. The summed E-state index contributed by atoms with van der Waals surface area (Å²) in [7, 11) is -3.86. The van der Waals surface area contributed by atoms with Crippen molar-refractivity contribution in [1.29, 1.82) is 0 Å². The number of aliphatic hydroxyl groups is 1. The van der Waals surface area contributed by atoms with Gasteiger partial charge in [-0.2, -0.15) is 4.31 Å². The van der Waals surface area contributed by atoms with Gasteiger partial charge >= 0.3 is 5.97 Å². The van der Waals surface area contributed by atoms with Crippen molar-refractivity contribution in [1.82, 2.24) is 4.31 Å². The molecule has 0 aliphatic carbocycles. The zero-order chi connectivity index (χ0) is 16.2. The zero-order valence-electron chi connectivity index (χ0n) is 11.7. The van der Waals surface area contributed by atoms with Crippen LogP contribution in [0, 0.1) is 0 Å². The van der Waals surface area contributed by atoms with Crippen molar-refractivity contribution >= 4 is 43.3 Å². The minimum atomic E-state index is -3.86. The maximum Gasteiger partial charge on any atom is 0.345 e. The van der Waals surface area contributed by atoms with Crippen LogP contribution in [0.4, 0.5) is 0 Å². The summed E-state index contributed by atoms with van der Waals surface area (Å²) in [6, 6.07) is 0.918. The molecule has 0 aliphatic rings. The van der Waals surface area contributed by atoms with Gasteiger partial charge < -0.3 is 10.2 Å². The molecule has 0 atom stereocenters. The molecule has 1 rings (SSSR count). The average molecular weight is 400 g/mol. The first-order chi connectivity index (χ1) is 9.79. The van der Waals surface area contributed by atoms with E-state index in [2.05, 4.69) is 15.9 Å². The molecule has 0 amide bonds. The Kier molecular flexibility index (Phi) is 6.79. The molecule has 0 bridgehead atoms. The molecule has 1 aromatic rings. The normalized spacial score (nSPS) is 12.3. The van der Waals surface area contributed by atoms with E-state index in [1.165, 1.54) is 4.31 Å². The van der Waals surface area contributed by atoms with Crippen molar-refractivity contribution in [3.63, 3.8) is 0 Å². The maximum absolute atomic E-state index is 12.7. The number of sulfonamides is 1. The topological polar surface area (TPSA) is 94.9 Å². The summed E-state index contributed by atoms with van der Waals surface area (Å²) in [6.07, 6.45) is 1.23. The van der Waals surface area contributed by atoms with E-state index >= 15 is 0 Å². The third-order valence-electron chi connectivity index (χ3n) is 3.12. The van der Waals surface area contributed by atoms with E-state index < -0.39 is 16.0 Å². The van der Waals surface area contributed by atoms with Crippen LogP contribution in [0.15, 0.2) is 14.7 Å². The molecule has 1 aromatic heterocycles. The Labute approximate surface area is 136 Å². The van der Waals surface area contributed by atoms with E-state index in [-0.39, 0.29) is 32.8 Å². The Bertz CT molecular complexity index is 595. The van der Waals surface area contributed by atoms with Crippen LogP contribution in [0.2, 0.25) is 0 Å². The molecule has 0 saturated carbocycles. The van der Waals surface area contributed by atoms with Crippen molar-refractivity contribution in [3.8, 4) is 0 Å². The average Bonchev–Trinajstić information content (AvgIpc) is 2.82. The predicted molar refractivity (Wildman–Crippen MR) is 84.3 cm³/mol. The highest BCUT2D eigenvalue weighted by atomic mass is 79.9. The Balaban J connectivity index is 3.31. The molecule has 1 heterocycles. The zero-order valence-corrected chi connectivity index (χ0v) is 15.0. The summed E-state index contributed by atoms with van der Waals surface area (Å²) in [4.78, 5) is 10.9. The van der Waals surface area contributed by atoms with Crippen LogP contribution in [0.5, 0.6) is 0 Å². The summed E-state index contributed by atoms with van der Waals surface area (Å²) >= 11 is 3.98. The Morgan fingerprint density at radius 1 is 1.43 bits per heavy atom. The van der Waals surface area contributed by atoms with E-state index in [1.54, 1.807) is 0 Å². The fourth-order valence-corrected chi connectivity index (χ4v) is 6.17. The highest BCUT2D eigenvalue weighted by molar-refractivity contribution is 9.11. The molecule has 0 aromatic carbocycles. The van der Waals surface area contributed by atoms with Gasteiger partial charge in [-0.05, 0) is 34.8 Å². The van der Waals surface area contributed by atoms with Gasteiger partial charge in [0.15, 0.2) is 0 Å². The second kappa shape index (κ2) is 7.68. The molecule has 0 fully saturated rings. The van der Waals surface area contributed by atoms with Gasteiger partial charge in [-0.3, -0.25) is 0 Å². The number of hydrogen-bond donors (Lipinski definition) is 2. The monoisotopic (exact) mass is 399 g/mol. The number of nitrogens with zero attached hydrogens (tertiary/aromatic N) is 1. The number of aliphatic hydroxyl groups excluding tert-OH is 1. The molecule has 0 saturated heterocycles. The van der Waals surface area contributed by atoms with Crippen molar-refractivity contribution in [2.75, 3.05) is 13.2 Å². The van der Waals surface area contributed by atoms with Gasteiger partial charge in [0.1, 0.15) is 9.77 Å². The SMILES string of the molecule is CCC(CC)N(CCO)S(=O)(=O)c1cc(C(=O)O)sc1Br. The lowest BCUT2D eigenvalue weighted by atomic mass is 10.2. The lowest BCUT2D eigenvalue weighted by Gasteiger charge is -2.28. The van der Waals surface area contributed by atoms with E-state index in [1.807, 2.05) is 13.8 Å². The lowest BCUT2D eigenvalue weighted by Crippen LogP contribution is -2.41. The van der Waals surface area contributed by atoms with Crippen LogP contribution in [-0.4, -0.2) is 48.1 Å². The molecule has 0 spiro atoms. The molecule has 120 valence electrons. The van der Waals surface area contributed by atoms with Crippen molar-refractivity contribution in [2.24, 2.45) is 0 Å². The summed E-state index contributed by atoms with van der Waals surface area (Å²) in [5, 5.41) is 18.1. The molecule has 2 N–H and O–H groups in total. The second-order valence-corrected chi connectivity index (χ2v) is 8.59. The number of carbonyl (C=O) groups is 1. The molecular formula is C12H18BrNO5S2. The Hall–Kier alpha value is -0.480. The standard InChI is InChI=1S/C12H18BrNO5S2/c1-3-8(4-2)14(5-6-15)21(18,19)10-7-9(12(16)17)20-11(10)13/h7-8,15H,3-6H2,1-2H3,(H,16,17). The first-order valence-corrected chi connectivity index (χ1v) is 9.49. The van der Waals surface area contributed by atoms with Crippen LogP contribution in [0.25, 0.3) is 0 Å². The number of aromatic carboxylic acids is 1. The highest BCUT2D eigenvalue weighted by Gasteiger charge is 2.32. The van der Waals surface area contributed by atoms with Crippen LogP contribution < -0.4 is 0 Å². The van der Waals surface area contributed by atoms with Gasteiger partial charge in [-0.1, -0.05) is 13.8 Å². The molecular weight excluding hydrogens is 382 g/mol. The van der Waals surface area contributed by atoms with E-state index in [0.717, 1.165) is 17.4 Å². The maximum atomic E-state index is 12.7. The third-order valence-corrected chi connectivity index (χ3v) is 7.31. The van der Waals surface area contributed by atoms with Gasteiger partial charge in [0.2, 0.25) is 10.0 Å². The van der Waals surface area contributed by atoms with Crippen molar-refractivity contribution in [2.45, 2.75) is 37.6 Å². The number of carboxylic acid groups (broad SMARTS) is 1. The predicted octanol–water partition coefficient (Wildman–Crippen LogP) is 2.38. The number of hydrogen-bond acceptors (Lipinski definition) is 5. The van der Waals surface area contributed by atoms with Gasteiger partial charge in [0, 0.05) is 12.6 Å². The molecule has 0 aliphatic heterocycles. The minimum absolute atomic E-state index is 0.0145. The van der Waals surface area contributed by atoms with Gasteiger partial charge in [0.25, 0.3) is 0 Å². The fourth-order valence-electron chi connectivity index (χ4n) is 2.05. The largest absolute Gasteiger partial charge is 0.477 e. The summed E-state index contributed by atoms with van der Waals surface area (Å²) in [5.41, 5.74) is 0. The van der Waals surface area contributed by atoms with Crippen LogP contribution in [0.1, 0.15) is 36.4 Å². The molecule has 9 heteroatoms. The van der Waals surface area contributed by atoms with Gasteiger partial charge in [0.05, 0.1) is 10.4 Å². The number of carboxylic acids is 1.